The molecule has 3 rings (SSSR count). The summed E-state index contributed by atoms with van der Waals surface area (Å²) in [6.45, 7) is 0.353. The summed E-state index contributed by atoms with van der Waals surface area (Å²) in [6, 6.07) is 12.7. The number of anilines is 2. The number of carbonyl (C=O) groups is 2. The highest BCUT2D eigenvalue weighted by atomic mass is 16.1. The molecule has 0 radical (unpaired) electrons. The second-order valence-electron chi connectivity index (χ2n) is 6.69. The van der Waals surface area contributed by atoms with Crippen LogP contribution < -0.4 is 16.8 Å². The van der Waals surface area contributed by atoms with Gasteiger partial charge in [-0.2, -0.15) is 0 Å². The van der Waals surface area contributed by atoms with E-state index < -0.39 is 0 Å². The summed E-state index contributed by atoms with van der Waals surface area (Å²) in [5.41, 5.74) is 15.2. The van der Waals surface area contributed by atoms with Crippen molar-refractivity contribution in [3.8, 4) is 0 Å². The molecule has 1 amide bonds. The lowest BCUT2D eigenvalue weighted by Gasteiger charge is -2.08. The van der Waals surface area contributed by atoms with Crippen molar-refractivity contribution in [1.82, 2.24) is 9.55 Å². The molecule has 1 aromatic heterocycles. The first-order valence-corrected chi connectivity index (χ1v) is 9.12. The van der Waals surface area contributed by atoms with Crippen LogP contribution in [0, 0.1) is 0 Å². The number of nitrogens with two attached hydrogens (primary N) is 2. The number of nitrogen functional groups attached to an aromatic ring is 1. The van der Waals surface area contributed by atoms with Gasteiger partial charge in [-0.25, -0.2) is 4.98 Å². The predicted molar refractivity (Wildman–Crippen MR) is 114 cm³/mol. The first-order valence-electron chi connectivity index (χ1n) is 9.12. The number of allylic oxidation sites excluding steroid dienone is 1. The van der Waals surface area contributed by atoms with E-state index in [0.29, 0.717) is 23.7 Å². The van der Waals surface area contributed by atoms with Gasteiger partial charge < -0.3 is 21.4 Å². The van der Waals surface area contributed by atoms with Crippen LogP contribution in [-0.2, 0) is 24.8 Å². The van der Waals surface area contributed by atoms with Gasteiger partial charge >= 0.3 is 0 Å². The number of benzene rings is 2. The van der Waals surface area contributed by atoms with Crippen molar-refractivity contribution >= 4 is 29.1 Å². The van der Waals surface area contributed by atoms with Gasteiger partial charge in [-0.15, -0.1) is 0 Å². The molecule has 29 heavy (non-hydrogen) atoms. The van der Waals surface area contributed by atoms with E-state index in [1.807, 2.05) is 24.3 Å². The fourth-order valence-electron chi connectivity index (χ4n) is 2.90. The third-order valence-electron chi connectivity index (χ3n) is 4.35. The number of amides is 1. The number of imidazole rings is 1. The van der Waals surface area contributed by atoms with Crippen molar-refractivity contribution in [2.45, 2.75) is 13.0 Å². The van der Waals surface area contributed by atoms with E-state index in [1.54, 1.807) is 48.3 Å². The van der Waals surface area contributed by atoms with Crippen molar-refractivity contribution in [3.63, 3.8) is 0 Å². The van der Waals surface area contributed by atoms with Gasteiger partial charge in [-0.1, -0.05) is 30.3 Å². The van der Waals surface area contributed by atoms with Gasteiger partial charge in [0.2, 0.25) is 11.7 Å². The van der Waals surface area contributed by atoms with Gasteiger partial charge in [-0.3, -0.25) is 9.59 Å². The molecule has 0 aliphatic carbocycles. The van der Waals surface area contributed by atoms with Gasteiger partial charge in [0.25, 0.3) is 0 Å². The summed E-state index contributed by atoms with van der Waals surface area (Å²) in [5.74, 6) is 0.0700. The van der Waals surface area contributed by atoms with Crippen LogP contribution in [0.15, 0.2) is 60.9 Å². The summed E-state index contributed by atoms with van der Waals surface area (Å²) in [5, 5.41) is 2.84. The molecular weight excluding hydrogens is 366 g/mol. The Morgan fingerprint density at radius 2 is 1.90 bits per heavy atom. The number of aromatic nitrogens is 2. The fraction of sp³-hybridized carbons (Fsp3) is 0.136. The lowest BCUT2D eigenvalue weighted by Crippen LogP contribution is -2.15. The topological polar surface area (TPSA) is 116 Å². The molecule has 2 aromatic carbocycles. The molecule has 1 heterocycles. The number of aryl methyl sites for hydroxylation is 1. The van der Waals surface area contributed by atoms with E-state index >= 15 is 0 Å². The van der Waals surface area contributed by atoms with E-state index in [2.05, 4.69) is 10.3 Å². The standard InChI is InChI=1S/C22H23N5O2/c1-27-9-8-25-22(27)20(28)7-6-15-2-4-16(5-3-15)12-21(29)26-19-11-17(14-23)10-18(24)13-19/h2-11,13H,12,14,23-24H2,1H3,(H,26,29)/b7-6+. The Hall–Kier alpha value is -3.71. The molecule has 0 aliphatic heterocycles. The van der Waals surface area contributed by atoms with Gasteiger partial charge in [0.15, 0.2) is 5.82 Å². The smallest absolute Gasteiger partial charge is 0.228 e. The normalized spacial score (nSPS) is 11.0. The minimum absolute atomic E-state index is 0.146. The Morgan fingerprint density at radius 1 is 1.14 bits per heavy atom. The zero-order valence-electron chi connectivity index (χ0n) is 16.1. The van der Waals surface area contributed by atoms with Crippen LogP contribution in [0.25, 0.3) is 6.08 Å². The van der Waals surface area contributed by atoms with Gasteiger partial charge in [0.1, 0.15) is 0 Å². The highest BCUT2D eigenvalue weighted by Gasteiger charge is 2.08. The third-order valence-corrected chi connectivity index (χ3v) is 4.35. The molecule has 0 atom stereocenters. The molecule has 7 nitrogen and oxygen atoms in total. The van der Waals surface area contributed by atoms with Gasteiger partial charge in [0.05, 0.1) is 6.42 Å². The highest BCUT2D eigenvalue weighted by molar-refractivity contribution is 6.04. The number of hydrogen-bond donors (Lipinski definition) is 3. The van der Waals surface area contributed by atoms with Crippen molar-refractivity contribution < 1.29 is 9.59 Å². The van der Waals surface area contributed by atoms with E-state index in [-0.39, 0.29) is 18.1 Å². The van der Waals surface area contributed by atoms with Crippen molar-refractivity contribution in [2.24, 2.45) is 12.8 Å². The monoisotopic (exact) mass is 389 g/mol. The van der Waals surface area contributed by atoms with Crippen LogP contribution in [0.5, 0.6) is 0 Å². The number of ketones is 1. The Kier molecular flexibility index (Phi) is 6.21. The van der Waals surface area contributed by atoms with Crippen molar-refractivity contribution in [2.75, 3.05) is 11.1 Å². The lowest BCUT2D eigenvalue weighted by molar-refractivity contribution is -0.115. The van der Waals surface area contributed by atoms with Crippen LogP contribution in [0.1, 0.15) is 27.3 Å². The zero-order valence-corrected chi connectivity index (χ0v) is 16.1. The summed E-state index contributed by atoms with van der Waals surface area (Å²) >= 11 is 0. The summed E-state index contributed by atoms with van der Waals surface area (Å²) in [6.07, 6.45) is 6.74. The summed E-state index contributed by atoms with van der Waals surface area (Å²) in [4.78, 5) is 28.4. The molecule has 0 saturated carbocycles. The maximum Gasteiger partial charge on any atom is 0.228 e. The number of nitrogens with zero attached hydrogens (tertiary/aromatic N) is 2. The zero-order chi connectivity index (χ0) is 20.8. The second kappa shape index (κ2) is 8.99. The first kappa shape index (κ1) is 20.0. The van der Waals surface area contributed by atoms with Gasteiger partial charge in [-0.05, 0) is 41.0 Å². The molecule has 0 fully saturated rings. The molecular formula is C22H23N5O2. The first-order chi connectivity index (χ1) is 13.9. The number of rotatable bonds is 7. The molecule has 0 saturated heterocycles. The van der Waals surface area contributed by atoms with E-state index in [4.69, 9.17) is 11.5 Å². The largest absolute Gasteiger partial charge is 0.399 e. The van der Waals surface area contributed by atoms with E-state index in [0.717, 1.165) is 16.7 Å². The summed E-state index contributed by atoms with van der Waals surface area (Å²) in [7, 11) is 1.77. The number of nitrogens with one attached hydrogen (secondary N) is 1. The quantitative estimate of drug-likeness (QED) is 0.326. The minimum atomic E-state index is -0.167. The van der Waals surface area contributed by atoms with Crippen LogP contribution in [-0.4, -0.2) is 21.2 Å². The Balaban J connectivity index is 1.59. The number of carbonyl (C=O) groups excluding carboxylic acids is 2. The predicted octanol–water partition coefficient (Wildman–Crippen LogP) is 2.54. The molecule has 3 aromatic rings. The maximum absolute atomic E-state index is 12.3. The average molecular weight is 389 g/mol. The van der Waals surface area contributed by atoms with Crippen LogP contribution in [0.2, 0.25) is 0 Å². The van der Waals surface area contributed by atoms with E-state index in [9.17, 15) is 9.59 Å². The molecule has 0 aliphatic rings. The second-order valence-corrected chi connectivity index (χ2v) is 6.69. The Morgan fingerprint density at radius 3 is 2.55 bits per heavy atom. The average Bonchev–Trinajstić information content (AvgIpc) is 3.12. The minimum Gasteiger partial charge on any atom is -0.399 e. The van der Waals surface area contributed by atoms with E-state index in [1.165, 1.54) is 6.08 Å². The molecule has 0 spiro atoms. The molecule has 0 bridgehead atoms. The fourth-order valence-corrected chi connectivity index (χ4v) is 2.90. The Labute approximate surface area is 169 Å². The SMILES string of the molecule is Cn1ccnc1C(=O)/C=C/c1ccc(CC(=O)Nc2cc(N)cc(CN)c2)cc1. The van der Waals surface area contributed by atoms with Crippen LogP contribution in [0.3, 0.4) is 0 Å². The Bertz CT molecular complexity index is 1050. The third kappa shape index (κ3) is 5.40. The van der Waals surface area contributed by atoms with Crippen molar-refractivity contribution in [1.29, 1.82) is 0 Å². The van der Waals surface area contributed by atoms with Gasteiger partial charge in [0, 0.05) is 37.4 Å². The molecule has 0 unspecified atom stereocenters. The lowest BCUT2D eigenvalue weighted by atomic mass is 10.1. The summed E-state index contributed by atoms with van der Waals surface area (Å²) < 4.78 is 1.67. The van der Waals surface area contributed by atoms with Crippen molar-refractivity contribution in [3.05, 3.63) is 83.4 Å². The maximum atomic E-state index is 12.3. The van der Waals surface area contributed by atoms with Crippen LogP contribution >= 0.6 is 0 Å². The molecule has 7 heteroatoms. The number of hydrogen-bond acceptors (Lipinski definition) is 5. The highest BCUT2D eigenvalue weighted by Crippen LogP contribution is 2.17. The van der Waals surface area contributed by atoms with Crippen LogP contribution in [0.4, 0.5) is 11.4 Å². The molecule has 148 valence electrons. The molecule has 5 N–H and O–H groups in total.